The predicted molar refractivity (Wildman–Crippen MR) is 118 cm³/mol. The van der Waals surface area contributed by atoms with Gasteiger partial charge in [-0.15, -0.1) is 5.10 Å². The summed E-state index contributed by atoms with van der Waals surface area (Å²) in [5.74, 6) is -1.48. The molecular formula is C23H29F3N4O4. The number of carboxylic acid groups (broad SMARTS) is 1. The fourth-order valence-electron chi connectivity index (χ4n) is 3.98. The molecule has 3 heterocycles. The molecule has 11 heteroatoms. The molecule has 2 atom stereocenters. The van der Waals surface area contributed by atoms with Crippen LogP contribution in [0.5, 0.6) is 0 Å². The molecule has 1 aromatic heterocycles. The van der Waals surface area contributed by atoms with Crippen molar-refractivity contribution < 1.29 is 32.5 Å². The highest BCUT2D eigenvalue weighted by atomic mass is 19.4. The summed E-state index contributed by atoms with van der Waals surface area (Å²) < 4.78 is 44.0. The number of hydrogen-bond acceptors (Lipinski definition) is 7. The predicted octanol–water partition coefficient (Wildman–Crippen LogP) is 3.14. The highest BCUT2D eigenvalue weighted by Gasteiger charge is 2.43. The van der Waals surface area contributed by atoms with Gasteiger partial charge in [0.05, 0.1) is 25.5 Å². The van der Waals surface area contributed by atoms with E-state index in [4.69, 9.17) is 19.4 Å². The van der Waals surface area contributed by atoms with E-state index in [2.05, 4.69) is 50.7 Å². The fourth-order valence-corrected chi connectivity index (χ4v) is 3.98. The van der Waals surface area contributed by atoms with Crippen molar-refractivity contribution in [3.05, 3.63) is 53.7 Å². The minimum absolute atomic E-state index is 0.198. The van der Waals surface area contributed by atoms with Gasteiger partial charge < -0.3 is 19.9 Å². The molecule has 34 heavy (non-hydrogen) atoms. The molecule has 0 saturated carbocycles. The number of rotatable bonds is 5. The van der Waals surface area contributed by atoms with Gasteiger partial charge in [0.2, 0.25) is 0 Å². The summed E-state index contributed by atoms with van der Waals surface area (Å²) in [6.45, 7) is 7.80. The van der Waals surface area contributed by atoms with Crippen molar-refractivity contribution in [2.75, 3.05) is 44.8 Å². The van der Waals surface area contributed by atoms with E-state index in [-0.39, 0.29) is 5.60 Å². The summed E-state index contributed by atoms with van der Waals surface area (Å²) in [4.78, 5) is 11.4. The largest absolute Gasteiger partial charge is 0.490 e. The minimum Gasteiger partial charge on any atom is -0.475 e. The normalized spacial score (nSPS) is 23.1. The van der Waals surface area contributed by atoms with E-state index in [1.807, 2.05) is 19.1 Å². The first-order chi connectivity index (χ1) is 16.2. The van der Waals surface area contributed by atoms with Crippen molar-refractivity contribution in [3.63, 3.8) is 0 Å². The van der Waals surface area contributed by atoms with Gasteiger partial charge in [0.15, 0.2) is 0 Å². The summed E-state index contributed by atoms with van der Waals surface area (Å²) in [5, 5.41) is 18.8. The summed E-state index contributed by atoms with van der Waals surface area (Å²) in [6, 6.07) is 14.6. The van der Waals surface area contributed by atoms with Gasteiger partial charge >= 0.3 is 12.1 Å². The lowest BCUT2D eigenvalue weighted by atomic mass is 9.94. The maximum Gasteiger partial charge on any atom is 0.490 e. The molecule has 1 aromatic carbocycles. The molecule has 2 unspecified atom stereocenters. The molecule has 2 fully saturated rings. The second kappa shape index (κ2) is 11.6. The minimum atomic E-state index is -5.08. The van der Waals surface area contributed by atoms with Crippen molar-refractivity contribution in [1.82, 2.24) is 15.1 Å². The number of nitrogens with zero attached hydrogens (tertiary/aromatic N) is 3. The number of alkyl halides is 3. The molecule has 2 aliphatic rings. The van der Waals surface area contributed by atoms with Crippen LogP contribution in [0, 0.1) is 12.8 Å². The highest BCUT2D eigenvalue weighted by molar-refractivity contribution is 5.73. The molecule has 0 radical (unpaired) electrons. The maximum absolute atomic E-state index is 10.6. The molecule has 2 aliphatic heterocycles. The summed E-state index contributed by atoms with van der Waals surface area (Å²) in [5.41, 5.74) is 2.07. The first-order valence-corrected chi connectivity index (χ1v) is 11.0. The molecule has 4 rings (SSSR count). The van der Waals surface area contributed by atoms with Crippen LogP contribution in [0.15, 0.2) is 42.5 Å². The zero-order valence-electron chi connectivity index (χ0n) is 18.9. The Bertz CT molecular complexity index is 915. The molecule has 186 valence electrons. The number of anilines is 1. The Morgan fingerprint density at radius 1 is 1.24 bits per heavy atom. The number of halogens is 3. The van der Waals surface area contributed by atoms with E-state index in [0.29, 0.717) is 12.5 Å². The van der Waals surface area contributed by atoms with Crippen LogP contribution in [-0.4, -0.2) is 77.4 Å². The lowest BCUT2D eigenvalue weighted by Crippen LogP contribution is -2.43. The molecule has 0 bridgehead atoms. The van der Waals surface area contributed by atoms with Gasteiger partial charge in [-0.1, -0.05) is 30.3 Å². The number of carboxylic acids is 1. The molecule has 2 N–H and O–H groups in total. The first-order valence-electron chi connectivity index (χ1n) is 11.0. The van der Waals surface area contributed by atoms with Gasteiger partial charge in [-0.25, -0.2) is 4.79 Å². The Labute approximate surface area is 196 Å². The zero-order valence-corrected chi connectivity index (χ0v) is 18.9. The second-order valence-electron chi connectivity index (χ2n) is 8.56. The quantitative estimate of drug-likeness (QED) is 0.671. The SMILES string of the molecule is Cc1ccc(NCC2COC3(COCCN(Cc4ccccc4)C3)C2)nn1.O=C(O)C(F)(F)F. The van der Waals surface area contributed by atoms with Gasteiger partial charge in [-0.05, 0) is 31.0 Å². The maximum atomic E-state index is 10.6. The lowest BCUT2D eigenvalue weighted by Gasteiger charge is -2.31. The number of aliphatic carboxylic acids is 1. The van der Waals surface area contributed by atoms with Crippen LogP contribution < -0.4 is 5.32 Å². The van der Waals surface area contributed by atoms with Crippen molar-refractivity contribution in [2.24, 2.45) is 5.92 Å². The second-order valence-corrected chi connectivity index (χ2v) is 8.56. The first kappa shape index (κ1) is 25.9. The Balaban J connectivity index is 0.000000406. The number of carbonyl (C=O) groups is 1. The Kier molecular flexibility index (Phi) is 8.81. The van der Waals surface area contributed by atoms with Crippen LogP contribution in [0.2, 0.25) is 0 Å². The average Bonchev–Trinajstić information content (AvgIpc) is 3.08. The number of aromatic nitrogens is 2. The molecule has 8 nitrogen and oxygen atoms in total. The fraction of sp³-hybridized carbons (Fsp3) is 0.522. The van der Waals surface area contributed by atoms with Crippen LogP contribution in [0.3, 0.4) is 0 Å². The third kappa shape index (κ3) is 7.93. The van der Waals surface area contributed by atoms with Gasteiger partial charge in [0.1, 0.15) is 11.4 Å². The Morgan fingerprint density at radius 2 is 1.97 bits per heavy atom. The van der Waals surface area contributed by atoms with Crippen LogP contribution in [0.4, 0.5) is 19.0 Å². The van der Waals surface area contributed by atoms with E-state index in [9.17, 15) is 13.2 Å². The molecule has 2 aromatic rings. The third-order valence-electron chi connectivity index (χ3n) is 5.58. The molecular weight excluding hydrogens is 453 g/mol. The van der Waals surface area contributed by atoms with Gasteiger partial charge in [-0.3, -0.25) is 4.90 Å². The van der Waals surface area contributed by atoms with Crippen molar-refractivity contribution in [1.29, 1.82) is 0 Å². The standard InChI is InChI=1S/C21H28N4O2.C2HF3O2/c1-17-7-8-20(24-23-17)22-12-19-11-21(27-14-19)15-25(9-10-26-16-21)13-18-5-3-2-4-6-18;3-2(4,5)1(6)7/h2-8,19H,9-16H2,1H3,(H,22,24);(H,6,7). The summed E-state index contributed by atoms with van der Waals surface area (Å²) >= 11 is 0. The highest BCUT2D eigenvalue weighted by Crippen LogP contribution is 2.33. The number of benzene rings is 1. The molecule has 0 aliphatic carbocycles. The van der Waals surface area contributed by atoms with Crippen LogP contribution in [0.25, 0.3) is 0 Å². The smallest absolute Gasteiger partial charge is 0.475 e. The van der Waals surface area contributed by atoms with E-state index in [1.54, 1.807) is 0 Å². The van der Waals surface area contributed by atoms with Crippen molar-refractivity contribution in [2.45, 2.75) is 31.7 Å². The van der Waals surface area contributed by atoms with E-state index in [0.717, 1.165) is 57.3 Å². The number of hydrogen-bond donors (Lipinski definition) is 2. The van der Waals surface area contributed by atoms with Gasteiger partial charge in [-0.2, -0.15) is 18.3 Å². The van der Waals surface area contributed by atoms with Gasteiger partial charge in [0, 0.05) is 32.1 Å². The molecule has 2 saturated heterocycles. The summed E-state index contributed by atoms with van der Waals surface area (Å²) in [7, 11) is 0. The monoisotopic (exact) mass is 482 g/mol. The van der Waals surface area contributed by atoms with Crippen molar-refractivity contribution >= 4 is 11.8 Å². The van der Waals surface area contributed by atoms with Crippen LogP contribution >= 0.6 is 0 Å². The summed E-state index contributed by atoms with van der Waals surface area (Å²) in [6.07, 6.45) is -4.08. The molecule has 1 spiro atoms. The average molecular weight is 483 g/mol. The van der Waals surface area contributed by atoms with Crippen LogP contribution in [0.1, 0.15) is 17.7 Å². The number of ether oxygens (including phenoxy) is 2. The third-order valence-corrected chi connectivity index (χ3v) is 5.58. The van der Waals surface area contributed by atoms with E-state index >= 15 is 0 Å². The number of aryl methyl sites for hydroxylation is 1. The van der Waals surface area contributed by atoms with Gasteiger partial charge in [0.25, 0.3) is 0 Å². The molecule has 0 amide bonds. The van der Waals surface area contributed by atoms with E-state index in [1.165, 1.54) is 5.56 Å². The Hall–Kier alpha value is -2.76. The lowest BCUT2D eigenvalue weighted by molar-refractivity contribution is -0.192. The van der Waals surface area contributed by atoms with Crippen LogP contribution in [-0.2, 0) is 20.8 Å². The zero-order chi connectivity index (χ0) is 24.6. The van der Waals surface area contributed by atoms with E-state index < -0.39 is 12.1 Å². The Morgan fingerprint density at radius 3 is 2.62 bits per heavy atom. The topological polar surface area (TPSA) is 96.8 Å². The number of nitrogens with one attached hydrogen (secondary N) is 1. The van der Waals surface area contributed by atoms with Crippen molar-refractivity contribution in [3.8, 4) is 0 Å².